The molecule has 0 aliphatic rings. The minimum absolute atomic E-state index is 0.106. The topological polar surface area (TPSA) is 51.2 Å². The molecule has 0 fully saturated rings. The molecule has 1 N–H and O–H groups in total. The zero-order chi connectivity index (χ0) is 16.2. The zero-order valence-corrected chi connectivity index (χ0v) is 13.1. The Morgan fingerprint density at radius 1 is 1.22 bits per heavy atom. The summed E-state index contributed by atoms with van der Waals surface area (Å²) in [6, 6.07) is 11.4. The van der Waals surface area contributed by atoms with Crippen LogP contribution in [0.15, 0.2) is 54.0 Å². The van der Waals surface area contributed by atoms with Crippen LogP contribution in [0, 0.1) is 5.82 Å². The van der Waals surface area contributed by atoms with E-state index >= 15 is 0 Å². The fraction of sp³-hybridized carbons (Fsp3) is 0.0588. The molecular formula is C17H13FN2O2S. The second-order valence-corrected chi connectivity index (χ2v) is 5.61. The van der Waals surface area contributed by atoms with E-state index in [4.69, 9.17) is 4.74 Å². The van der Waals surface area contributed by atoms with E-state index in [-0.39, 0.29) is 17.2 Å². The Bertz CT molecular complexity index is 817. The van der Waals surface area contributed by atoms with Crippen molar-refractivity contribution in [2.45, 2.75) is 0 Å². The summed E-state index contributed by atoms with van der Waals surface area (Å²) in [6.07, 6.45) is 1.74. The Kier molecular flexibility index (Phi) is 4.34. The highest BCUT2D eigenvalue weighted by Gasteiger charge is 2.10. The van der Waals surface area contributed by atoms with Crippen molar-refractivity contribution in [1.29, 1.82) is 0 Å². The van der Waals surface area contributed by atoms with E-state index in [9.17, 15) is 9.18 Å². The molecule has 0 bridgehead atoms. The number of anilines is 1. The van der Waals surface area contributed by atoms with Crippen molar-refractivity contribution in [2.24, 2.45) is 0 Å². The Hall–Kier alpha value is -2.73. The third-order valence-electron chi connectivity index (χ3n) is 3.24. The molecule has 1 aromatic heterocycles. The second-order valence-electron chi connectivity index (χ2n) is 4.72. The van der Waals surface area contributed by atoms with Crippen molar-refractivity contribution in [3.63, 3.8) is 0 Å². The van der Waals surface area contributed by atoms with Gasteiger partial charge in [-0.25, -0.2) is 9.37 Å². The first-order chi connectivity index (χ1) is 11.2. The van der Waals surface area contributed by atoms with Crippen LogP contribution >= 0.6 is 11.3 Å². The monoisotopic (exact) mass is 328 g/mol. The van der Waals surface area contributed by atoms with E-state index < -0.39 is 5.82 Å². The van der Waals surface area contributed by atoms with Gasteiger partial charge in [-0.15, -0.1) is 11.3 Å². The van der Waals surface area contributed by atoms with Crippen LogP contribution in [-0.4, -0.2) is 18.0 Å². The number of hydrogen-bond donors (Lipinski definition) is 1. The van der Waals surface area contributed by atoms with Gasteiger partial charge in [-0.05, 0) is 42.5 Å². The van der Waals surface area contributed by atoms with Crippen LogP contribution in [0.3, 0.4) is 0 Å². The maximum atomic E-state index is 13.6. The molecule has 1 amide bonds. The van der Waals surface area contributed by atoms with E-state index in [1.54, 1.807) is 29.7 Å². The molecule has 4 nitrogen and oxygen atoms in total. The van der Waals surface area contributed by atoms with Gasteiger partial charge in [0, 0.05) is 28.4 Å². The van der Waals surface area contributed by atoms with Crippen molar-refractivity contribution in [3.05, 3.63) is 65.4 Å². The van der Waals surface area contributed by atoms with Crippen molar-refractivity contribution in [1.82, 2.24) is 4.98 Å². The Morgan fingerprint density at radius 3 is 2.61 bits per heavy atom. The number of amides is 1. The molecule has 0 unspecified atom stereocenters. The number of nitrogens with one attached hydrogen (secondary N) is 1. The lowest BCUT2D eigenvalue weighted by atomic mass is 10.1. The van der Waals surface area contributed by atoms with E-state index in [0.717, 1.165) is 16.6 Å². The van der Waals surface area contributed by atoms with Crippen molar-refractivity contribution in [2.75, 3.05) is 12.4 Å². The van der Waals surface area contributed by atoms with Gasteiger partial charge in [0.05, 0.1) is 7.11 Å². The molecule has 0 spiro atoms. The fourth-order valence-electron chi connectivity index (χ4n) is 2.07. The highest BCUT2D eigenvalue weighted by atomic mass is 32.1. The number of rotatable bonds is 4. The van der Waals surface area contributed by atoms with Gasteiger partial charge < -0.3 is 10.1 Å². The third-order valence-corrected chi connectivity index (χ3v) is 4.06. The molecule has 2 aromatic carbocycles. The molecular weight excluding hydrogens is 315 g/mol. The van der Waals surface area contributed by atoms with Gasteiger partial charge in [0.1, 0.15) is 5.01 Å². The number of carbonyl (C=O) groups is 1. The lowest BCUT2D eigenvalue weighted by molar-refractivity contribution is 0.102. The number of aromatic nitrogens is 1. The quantitative estimate of drug-likeness (QED) is 0.780. The second kappa shape index (κ2) is 6.58. The van der Waals surface area contributed by atoms with E-state index in [1.165, 1.54) is 19.2 Å². The highest BCUT2D eigenvalue weighted by Crippen LogP contribution is 2.24. The molecule has 6 heteroatoms. The van der Waals surface area contributed by atoms with Gasteiger partial charge in [0.2, 0.25) is 0 Å². The van der Waals surface area contributed by atoms with Gasteiger partial charge in [-0.3, -0.25) is 4.79 Å². The van der Waals surface area contributed by atoms with E-state index in [1.807, 2.05) is 17.5 Å². The summed E-state index contributed by atoms with van der Waals surface area (Å²) in [6.45, 7) is 0. The van der Waals surface area contributed by atoms with Crippen molar-refractivity contribution < 1.29 is 13.9 Å². The average Bonchev–Trinajstić information content (AvgIpc) is 3.10. The molecule has 116 valence electrons. The van der Waals surface area contributed by atoms with Gasteiger partial charge in [-0.2, -0.15) is 0 Å². The van der Waals surface area contributed by atoms with Crippen LogP contribution in [-0.2, 0) is 0 Å². The van der Waals surface area contributed by atoms with Crippen LogP contribution in [0.1, 0.15) is 10.4 Å². The first-order valence-corrected chi connectivity index (χ1v) is 7.70. The number of benzene rings is 2. The maximum absolute atomic E-state index is 13.6. The van der Waals surface area contributed by atoms with Gasteiger partial charge in [0.25, 0.3) is 5.91 Å². The number of nitrogens with zero attached hydrogens (tertiary/aromatic N) is 1. The third kappa shape index (κ3) is 3.37. The minimum atomic E-state index is -0.570. The van der Waals surface area contributed by atoms with Gasteiger partial charge >= 0.3 is 0 Å². The lowest BCUT2D eigenvalue weighted by Gasteiger charge is -2.07. The van der Waals surface area contributed by atoms with Crippen LogP contribution in [0.25, 0.3) is 10.6 Å². The number of halogens is 1. The molecule has 3 rings (SSSR count). The standard InChI is InChI=1S/C17H13FN2O2S/c1-22-15-7-4-12(10-14(15)18)16(21)20-13-5-2-11(3-6-13)17-19-8-9-23-17/h2-10H,1H3,(H,20,21). The first-order valence-electron chi connectivity index (χ1n) is 6.82. The molecule has 0 saturated heterocycles. The minimum Gasteiger partial charge on any atom is -0.494 e. The molecule has 0 aliphatic heterocycles. The van der Waals surface area contributed by atoms with Crippen LogP contribution in [0.4, 0.5) is 10.1 Å². The normalized spacial score (nSPS) is 10.3. The number of hydrogen-bond acceptors (Lipinski definition) is 4. The molecule has 0 aliphatic carbocycles. The molecule has 23 heavy (non-hydrogen) atoms. The zero-order valence-electron chi connectivity index (χ0n) is 12.2. The lowest BCUT2D eigenvalue weighted by Crippen LogP contribution is -2.12. The summed E-state index contributed by atoms with van der Waals surface area (Å²) in [4.78, 5) is 16.4. The summed E-state index contributed by atoms with van der Waals surface area (Å²) in [7, 11) is 1.38. The summed E-state index contributed by atoms with van der Waals surface area (Å²) in [5.74, 6) is -0.845. The summed E-state index contributed by atoms with van der Waals surface area (Å²) < 4.78 is 18.5. The van der Waals surface area contributed by atoms with Gasteiger partial charge in [0.15, 0.2) is 11.6 Å². The Balaban J connectivity index is 1.74. The van der Waals surface area contributed by atoms with E-state index in [0.29, 0.717) is 5.69 Å². The van der Waals surface area contributed by atoms with Gasteiger partial charge in [-0.1, -0.05) is 0 Å². The number of carbonyl (C=O) groups excluding carboxylic acids is 1. The molecule has 3 aromatic rings. The smallest absolute Gasteiger partial charge is 0.255 e. The maximum Gasteiger partial charge on any atom is 0.255 e. The molecule has 0 radical (unpaired) electrons. The summed E-state index contributed by atoms with van der Waals surface area (Å²) in [5, 5.41) is 5.55. The average molecular weight is 328 g/mol. The molecule has 1 heterocycles. The highest BCUT2D eigenvalue weighted by molar-refractivity contribution is 7.13. The largest absolute Gasteiger partial charge is 0.494 e. The summed E-state index contributed by atoms with van der Waals surface area (Å²) >= 11 is 1.55. The fourth-order valence-corrected chi connectivity index (χ4v) is 2.72. The Morgan fingerprint density at radius 2 is 2.00 bits per heavy atom. The van der Waals surface area contributed by atoms with Crippen molar-refractivity contribution in [3.8, 4) is 16.3 Å². The van der Waals surface area contributed by atoms with Crippen LogP contribution in [0.2, 0.25) is 0 Å². The predicted molar refractivity (Wildman–Crippen MR) is 88.5 cm³/mol. The predicted octanol–water partition coefficient (Wildman–Crippen LogP) is 4.21. The number of thiazole rings is 1. The summed E-state index contributed by atoms with van der Waals surface area (Å²) in [5.41, 5.74) is 1.84. The number of methoxy groups -OCH3 is 1. The molecule has 0 saturated carbocycles. The number of ether oxygens (including phenoxy) is 1. The van der Waals surface area contributed by atoms with Crippen LogP contribution < -0.4 is 10.1 Å². The first kappa shape index (κ1) is 15.2. The SMILES string of the molecule is COc1ccc(C(=O)Nc2ccc(-c3nccs3)cc2)cc1F. The van der Waals surface area contributed by atoms with Crippen LogP contribution in [0.5, 0.6) is 5.75 Å². The van der Waals surface area contributed by atoms with Crippen molar-refractivity contribution >= 4 is 22.9 Å². The Labute approximate surface area is 136 Å². The van der Waals surface area contributed by atoms with E-state index in [2.05, 4.69) is 10.3 Å². The molecule has 0 atom stereocenters.